The van der Waals surface area contributed by atoms with E-state index in [0.717, 1.165) is 24.5 Å². The van der Waals surface area contributed by atoms with Gasteiger partial charge in [0.05, 0.1) is 14.2 Å². The number of likely N-dealkylation sites (N-methyl/N-ethyl adjacent to an activating group) is 1. The first-order valence-corrected chi connectivity index (χ1v) is 7.30. The largest absolute Gasteiger partial charge is 0.493 e. The average Bonchev–Trinajstić information content (AvgIpc) is 2.96. The first kappa shape index (κ1) is 15.1. The van der Waals surface area contributed by atoms with Crippen LogP contribution in [0.25, 0.3) is 0 Å². The minimum Gasteiger partial charge on any atom is -0.493 e. The van der Waals surface area contributed by atoms with Gasteiger partial charge in [-0.1, -0.05) is 6.07 Å². The van der Waals surface area contributed by atoms with Gasteiger partial charge in [0.15, 0.2) is 11.5 Å². The van der Waals surface area contributed by atoms with E-state index in [1.807, 2.05) is 13.1 Å². The van der Waals surface area contributed by atoms with Gasteiger partial charge in [0, 0.05) is 25.2 Å². The number of hydrogen-bond donors (Lipinski definition) is 1. The molecule has 1 heterocycles. The van der Waals surface area contributed by atoms with E-state index >= 15 is 0 Å². The molecule has 112 valence electrons. The van der Waals surface area contributed by atoms with Crippen molar-refractivity contribution >= 4 is 0 Å². The summed E-state index contributed by atoms with van der Waals surface area (Å²) in [6.07, 6.45) is 2.28. The van der Waals surface area contributed by atoms with Gasteiger partial charge in [0.1, 0.15) is 0 Å². The highest BCUT2D eigenvalue weighted by atomic mass is 16.5. The molecule has 1 aliphatic rings. The SMILES string of the molecule is CNC1CCN(C(C)Cc2ccc(OC)c(OC)c2)C1. The Labute approximate surface area is 122 Å². The molecule has 1 aliphatic heterocycles. The zero-order valence-corrected chi connectivity index (χ0v) is 13.0. The average molecular weight is 278 g/mol. The molecule has 4 nitrogen and oxygen atoms in total. The smallest absolute Gasteiger partial charge is 0.160 e. The van der Waals surface area contributed by atoms with Gasteiger partial charge in [-0.05, 0) is 44.5 Å². The van der Waals surface area contributed by atoms with Crippen LogP contribution in [0.4, 0.5) is 0 Å². The standard InChI is InChI=1S/C16H26N2O2/c1-12(18-8-7-14(11-18)17-2)9-13-5-6-15(19-3)16(10-13)20-4/h5-6,10,12,14,17H,7-9,11H2,1-4H3. The Balaban J connectivity index is 1.99. The molecule has 2 rings (SSSR count). The molecule has 2 atom stereocenters. The predicted molar refractivity (Wildman–Crippen MR) is 81.7 cm³/mol. The maximum absolute atomic E-state index is 5.37. The predicted octanol–water partition coefficient (Wildman–Crippen LogP) is 1.93. The second-order valence-corrected chi connectivity index (χ2v) is 5.51. The second kappa shape index (κ2) is 6.95. The van der Waals surface area contributed by atoms with Crippen molar-refractivity contribution in [2.24, 2.45) is 0 Å². The van der Waals surface area contributed by atoms with Crippen molar-refractivity contribution in [3.8, 4) is 11.5 Å². The number of hydrogen-bond acceptors (Lipinski definition) is 4. The lowest BCUT2D eigenvalue weighted by Gasteiger charge is -2.24. The molecule has 1 fully saturated rings. The molecule has 4 heteroatoms. The summed E-state index contributed by atoms with van der Waals surface area (Å²) in [5.74, 6) is 1.60. The summed E-state index contributed by atoms with van der Waals surface area (Å²) in [5, 5.41) is 3.37. The Morgan fingerprint density at radius 3 is 2.65 bits per heavy atom. The van der Waals surface area contributed by atoms with Crippen LogP contribution in [0.1, 0.15) is 18.9 Å². The van der Waals surface area contributed by atoms with Crippen LogP contribution < -0.4 is 14.8 Å². The van der Waals surface area contributed by atoms with E-state index in [1.54, 1.807) is 14.2 Å². The number of rotatable bonds is 6. The molecule has 0 spiro atoms. The van der Waals surface area contributed by atoms with Crippen LogP contribution in [0.3, 0.4) is 0 Å². The van der Waals surface area contributed by atoms with Crippen molar-refractivity contribution in [2.75, 3.05) is 34.4 Å². The first-order chi connectivity index (χ1) is 9.67. The Hall–Kier alpha value is -1.26. The highest BCUT2D eigenvalue weighted by Gasteiger charge is 2.24. The summed E-state index contributed by atoms with van der Waals surface area (Å²) < 4.78 is 10.7. The normalized spacial score (nSPS) is 20.9. The molecule has 0 saturated carbocycles. The molecule has 2 unspecified atom stereocenters. The minimum absolute atomic E-state index is 0.548. The van der Waals surface area contributed by atoms with Crippen LogP contribution in [-0.4, -0.2) is 51.3 Å². The van der Waals surface area contributed by atoms with Crippen molar-refractivity contribution in [1.82, 2.24) is 10.2 Å². The molecule has 1 saturated heterocycles. The lowest BCUT2D eigenvalue weighted by Crippen LogP contribution is -2.36. The molecule has 1 aromatic carbocycles. The zero-order valence-electron chi connectivity index (χ0n) is 13.0. The number of nitrogens with one attached hydrogen (secondary N) is 1. The number of ether oxygens (including phenoxy) is 2. The number of benzene rings is 1. The van der Waals surface area contributed by atoms with Crippen molar-refractivity contribution in [3.05, 3.63) is 23.8 Å². The maximum Gasteiger partial charge on any atom is 0.160 e. The van der Waals surface area contributed by atoms with Gasteiger partial charge in [-0.15, -0.1) is 0 Å². The van der Waals surface area contributed by atoms with Crippen molar-refractivity contribution < 1.29 is 9.47 Å². The fraction of sp³-hybridized carbons (Fsp3) is 0.625. The maximum atomic E-state index is 5.37. The summed E-state index contributed by atoms with van der Waals surface area (Å²) in [6, 6.07) is 7.39. The molecule has 20 heavy (non-hydrogen) atoms. The fourth-order valence-corrected chi connectivity index (χ4v) is 2.90. The molecule has 1 aromatic rings. The third kappa shape index (κ3) is 3.44. The summed E-state index contributed by atoms with van der Waals surface area (Å²) in [4.78, 5) is 2.55. The molecule has 0 amide bonds. The molecule has 0 radical (unpaired) electrons. The van der Waals surface area contributed by atoms with E-state index in [2.05, 4.69) is 29.3 Å². The topological polar surface area (TPSA) is 33.7 Å². The van der Waals surface area contributed by atoms with Crippen LogP contribution in [0.15, 0.2) is 18.2 Å². The molecule has 0 aromatic heterocycles. The van der Waals surface area contributed by atoms with Gasteiger partial charge in [-0.2, -0.15) is 0 Å². The van der Waals surface area contributed by atoms with Crippen molar-refractivity contribution in [1.29, 1.82) is 0 Å². The van der Waals surface area contributed by atoms with Gasteiger partial charge in [-0.3, -0.25) is 4.90 Å². The zero-order chi connectivity index (χ0) is 14.5. The van der Waals surface area contributed by atoms with Crippen LogP contribution in [0, 0.1) is 0 Å². The van der Waals surface area contributed by atoms with Crippen LogP contribution in [-0.2, 0) is 6.42 Å². The van der Waals surface area contributed by atoms with Gasteiger partial charge < -0.3 is 14.8 Å². The third-order valence-corrected chi connectivity index (χ3v) is 4.23. The Morgan fingerprint density at radius 1 is 1.30 bits per heavy atom. The summed E-state index contributed by atoms with van der Waals surface area (Å²) in [7, 11) is 5.40. The highest BCUT2D eigenvalue weighted by molar-refractivity contribution is 5.43. The Morgan fingerprint density at radius 2 is 2.05 bits per heavy atom. The van der Waals surface area contributed by atoms with E-state index in [9.17, 15) is 0 Å². The summed E-state index contributed by atoms with van der Waals surface area (Å²) >= 11 is 0. The van der Waals surface area contributed by atoms with E-state index in [-0.39, 0.29) is 0 Å². The molecule has 0 bridgehead atoms. The fourth-order valence-electron chi connectivity index (χ4n) is 2.90. The van der Waals surface area contributed by atoms with E-state index < -0.39 is 0 Å². The molecule has 1 N–H and O–H groups in total. The lowest BCUT2D eigenvalue weighted by atomic mass is 10.1. The van der Waals surface area contributed by atoms with E-state index in [1.165, 1.54) is 18.5 Å². The molecular weight excluding hydrogens is 252 g/mol. The monoisotopic (exact) mass is 278 g/mol. The van der Waals surface area contributed by atoms with Crippen LogP contribution in [0.2, 0.25) is 0 Å². The van der Waals surface area contributed by atoms with Crippen LogP contribution in [0.5, 0.6) is 11.5 Å². The lowest BCUT2D eigenvalue weighted by molar-refractivity contribution is 0.251. The first-order valence-electron chi connectivity index (χ1n) is 7.30. The number of likely N-dealkylation sites (tertiary alicyclic amines) is 1. The van der Waals surface area contributed by atoms with E-state index in [4.69, 9.17) is 9.47 Å². The van der Waals surface area contributed by atoms with Crippen molar-refractivity contribution in [3.63, 3.8) is 0 Å². The van der Waals surface area contributed by atoms with Crippen LogP contribution >= 0.6 is 0 Å². The quantitative estimate of drug-likeness (QED) is 0.862. The van der Waals surface area contributed by atoms with Crippen molar-refractivity contribution in [2.45, 2.75) is 31.8 Å². The molecular formula is C16H26N2O2. The Bertz CT molecular complexity index is 436. The third-order valence-electron chi connectivity index (χ3n) is 4.23. The second-order valence-electron chi connectivity index (χ2n) is 5.51. The van der Waals surface area contributed by atoms with Gasteiger partial charge in [-0.25, -0.2) is 0 Å². The highest BCUT2D eigenvalue weighted by Crippen LogP contribution is 2.28. The van der Waals surface area contributed by atoms with Gasteiger partial charge >= 0.3 is 0 Å². The van der Waals surface area contributed by atoms with E-state index in [0.29, 0.717) is 12.1 Å². The molecule has 0 aliphatic carbocycles. The number of nitrogens with zero attached hydrogens (tertiary/aromatic N) is 1. The minimum atomic E-state index is 0.548. The van der Waals surface area contributed by atoms with Gasteiger partial charge in [0.25, 0.3) is 0 Å². The summed E-state index contributed by atoms with van der Waals surface area (Å²) in [5.41, 5.74) is 1.29. The summed E-state index contributed by atoms with van der Waals surface area (Å²) in [6.45, 7) is 4.62. The Kier molecular flexibility index (Phi) is 5.26. The van der Waals surface area contributed by atoms with Gasteiger partial charge in [0.2, 0.25) is 0 Å². The number of methoxy groups -OCH3 is 2.